The summed E-state index contributed by atoms with van der Waals surface area (Å²) in [6.07, 6.45) is 8.44. The second kappa shape index (κ2) is 8.46. The van der Waals surface area contributed by atoms with Crippen molar-refractivity contribution in [2.45, 2.75) is 49.8 Å². The zero-order chi connectivity index (χ0) is 14.2. The Balaban J connectivity index is 1.79. The molecule has 1 aliphatic rings. The molecule has 1 saturated carbocycles. The van der Waals surface area contributed by atoms with Crippen LogP contribution < -0.4 is 5.32 Å². The van der Waals surface area contributed by atoms with Gasteiger partial charge in [0.2, 0.25) is 5.91 Å². The third kappa shape index (κ3) is 4.93. The van der Waals surface area contributed by atoms with Gasteiger partial charge in [0.1, 0.15) is 0 Å². The molecule has 1 N–H and O–H groups in total. The molecular formula is C17H24BrNO. The van der Waals surface area contributed by atoms with Gasteiger partial charge in [-0.25, -0.2) is 0 Å². The maximum Gasteiger partial charge on any atom is 0.223 e. The Labute approximate surface area is 130 Å². The number of alkyl halides is 1. The van der Waals surface area contributed by atoms with E-state index < -0.39 is 0 Å². The zero-order valence-electron chi connectivity index (χ0n) is 12.0. The molecule has 1 fully saturated rings. The minimum Gasteiger partial charge on any atom is -0.354 e. The van der Waals surface area contributed by atoms with E-state index in [-0.39, 0.29) is 16.7 Å². The quantitative estimate of drug-likeness (QED) is 0.799. The summed E-state index contributed by atoms with van der Waals surface area (Å²) in [6, 6.07) is 10.2. The average molecular weight is 338 g/mol. The van der Waals surface area contributed by atoms with Crippen LogP contribution in [0.5, 0.6) is 0 Å². The van der Waals surface area contributed by atoms with Gasteiger partial charge in [-0.3, -0.25) is 4.79 Å². The lowest BCUT2D eigenvalue weighted by Crippen LogP contribution is -2.33. The summed E-state index contributed by atoms with van der Waals surface area (Å²) in [5.41, 5.74) is 1.21. The van der Waals surface area contributed by atoms with Gasteiger partial charge in [-0.1, -0.05) is 78.4 Å². The third-order valence-corrected chi connectivity index (χ3v) is 4.95. The zero-order valence-corrected chi connectivity index (χ0v) is 13.6. The maximum absolute atomic E-state index is 12.3. The van der Waals surface area contributed by atoms with Crippen molar-refractivity contribution in [2.24, 2.45) is 5.92 Å². The fourth-order valence-electron chi connectivity index (χ4n) is 2.83. The van der Waals surface area contributed by atoms with E-state index in [1.807, 2.05) is 18.2 Å². The smallest absolute Gasteiger partial charge is 0.223 e. The van der Waals surface area contributed by atoms with E-state index in [4.69, 9.17) is 0 Å². The summed E-state index contributed by atoms with van der Waals surface area (Å²) in [5.74, 6) is 0.470. The maximum atomic E-state index is 12.3. The van der Waals surface area contributed by atoms with Crippen molar-refractivity contribution in [1.82, 2.24) is 5.32 Å². The van der Waals surface area contributed by atoms with Crippen LogP contribution in [0.4, 0.5) is 0 Å². The monoisotopic (exact) mass is 337 g/mol. The number of nitrogens with one attached hydrogen (secondary N) is 1. The molecule has 1 aromatic carbocycles. The first-order chi connectivity index (χ1) is 9.77. The Hall–Kier alpha value is -0.830. The molecule has 20 heavy (non-hydrogen) atoms. The number of rotatable bonds is 4. The average Bonchev–Trinajstić information content (AvgIpc) is 2.45. The predicted molar refractivity (Wildman–Crippen MR) is 86.9 cm³/mol. The van der Waals surface area contributed by atoms with Gasteiger partial charge < -0.3 is 5.32 Å². The first-order valence-corrected chi connectivity index (χ1v) is 8.65. The lowest BCUT2D eigenvalue weighted by Gasteiger charge is -2.20. The number of halogens is 1. The fraction of sp³-hybridized carbons (Fsp3) is 0.588. The van der Waals surface area contributed by atoms with Gasteiger partial charge >= 0.3 is 0 Å². The van der Waals surface area contributed by atoms with Gasteiger partial charge in [0.25, 0.3) is 0 Å². The molecule has 1 aromatic rings. The summed E-state index contributed by atoms with van der Waals surface area (Å²) < 4.78 is 0. The van der Waals surface area contributed by atoms with Crippen molar-refractivity contribution in [1.29, 1.82) is 0 Å². The van der Waals surface area contributed by atoms with Crippen molar-refractivity contribution < 1.29 is 4.79 Å². The minimum atomic E-state index is 0.196. The standard InChI is InChI=1S/C17H24BrNO/c18-16(14-9-7-4-8-10-14)13-19-17(20)15-11-5-2-1-3-6-12-15/h4,7-10,15-16H,1-3,5-6,11-13H2,(H,19,20). The molecule has 110 valence electrons. The molecule has 3 heteroatoms. The predicted octanol–water partition coefficient (Wildman–Crippen LogP) is 4.60. The van der Waals surface area contributed by atoms with E-state index in [0.717, 1.165) is 12.8 Å². The van der Waals surface area contributed by atoms with Crippen LogP contribution in [-0.2, 0) is 4.79 Å². The molecule has 0 aliphatic heterocycles. The van der Waals surface area contributed by atoms with Crippen LogP contribution in [0, 0.1) is 5.92 Å². The molecule has 0 spiro atoms. The van der Waals surface area contributed by atoms with Crippen LogP contribution in [0.25, 0.3) is 0 Å². The SMILES string of the molecule is O=C(NCC(Br)c1ccccc1)C1CCCCCCC1. The van der Waals surface area contributed by atoms with Gasteiger partial charge in [-0.05, 0) is 18.4 Å². The van der Waals surface area contributed by atoms with Crippen LogP contribution in [0.3, 0.4) is 0 Å². The van der Waals surface area contributed by atoms with Crippen molar-refractivity contribution in [3.05, 3.63) is 35.9 Å². The Kier molecular flexibility index (Phi) is 6.58. The van der Waals surface area contributed by atoms with Crippen molar-refractivity contribution in [3.8, 4) is 0 Å². The van der Waals surface area contributed by atoms with Crippen molar-refractivity contribution >= 4 is 21.8 Å². The fourth-order valence-corrected chi connectivity index (χ4v) is 3.30. The summed E-state index contributed by atoms with van der Waals surface area (Å²) in [6.45, 7) is 0.666. The number of amides is 1. The van der Waals surface area contributed by atoms with Crippen LogP contribution in [0.15, 0.2) is 30.3 Å². The van der Waals surface area contributed by atoms with Gasteiger partial charge in [-0.15, -0.1) is 0 Å². The molecule has 0 bridgehead atoms. The largest absolute Gasteiger partial charge is 0.354 e. The highest BCUT2D eigenvalue weighted by Gasteiger charge is 2.19. The van der Waals surface area contributed by atoms with E-state index in [2.05, 4.69) is 33.4 Å². The second-order valence-corrected chi connectivity index (χ2v) is 6.77. The molecule has 0 saturated heterocycles. The molecule has 2 nitrogen and oxygen atoms in total. The van der Waals surface area contributed by atoms with Crippen LogP contribution in [-0.4, -0.2) is 12.5 Å². The molecular weight excluding hydrogens is 314 g/mol. The number of carbonyl (C=O) groups is 1. The molecule has 1 aliphatic carbocycles. The highest BCUT2D eigenvalue weighted by Crippen LogP contribution is 2.24. The Morgan fingerprint density at radius 1 is 1.10 bits per heavy atom. The van der Waals surface area contributed by atoms with E-state index in [9.17, 15) is 4.79 Å². The number of hydrogen-bond acceptors (Lipinski definition) is 1. The molecule has 1 atom stereocenters. The number of carbonyl (C=O) groups excluding carboxylic acids is 1. The van der Waals surface area contributed by atoms with E-state index in [1.54, 1.807) is 0 Å². The van der Waals surface area contributed by atoms with E-state index in [1.165, 1.54) is 37.7 Å². The first kappa shape index (κ1) is 15.6. The van der Waals surface area contributed by atoms with Crippen LogP contribution in [0.1, 0.15) is 55.3 Å². The van der Waals surface area contributed by atoms with Crippen molar-refractivity contribution in [3.63, 3.8) is 0 Å². The lowest BCUT2D eigenvalue weighted by molar-refractivity contribution is -0.125. The topological polar surface area (TPSA) is 29.1 Å². The minimum absolute atomic E-state index is 0.196. The summed E-state index contributed by atoms with van der Waals surface area (Å²) in [5, 5.41) is 3.11. The third-order valence-electron chi connectivity index (χ3n) is 4.09. The van der Waals surface area contributed by atoms with Gasteiger partial charge in [0, 0.05) is 12.5 Å². The normalized spacial score (nSPS) is 18.9. The molecule has 0 heterocycles. The Bertz CT molecular complexity index is 399. The van der Waals surface area contributed by atoms with Gasteiger partial charge in [0.15, 0.2) is 0 Å². The van der Waals surface area contributed by atoms with Crippen molar-refractivity contribution in [2.75, 3.05) is 6.54 Å². The molecule has 2 rings (SSSR count). The Morgan fingerprint density at radius 3 is 2.35 bits per heavy atom. The highest BCUT2D eigenvalue weighted by molar-refractivity contribution is 9.09. The van der Waals surface area contributed by atoms with E-state index in [0.29, 0.717) is 6.54 Å². The number of hydrogen-bond donors (Lipinski definition) is 1. The van der Waals surface area contributed by atoms with Gasteiger partial charge in [0.05, 0.1) is 4.83 Å². The molecule has 0 aromatic heterocycles. The van der Waals surface area contributed by atoms with E-state index >= 15 is 0 Å². The summed E-state index contributed by atoms with van der Waals surface area (Å²) in [4.78, 5) is 12.5. The Morgan fingerprint density at radius 2 is 1.70 bits per heavy atom. The highest BCUT2D eigenvalue weighted by atomic mass is 79.9. The lowest BCUT2D eigenvalue weighted by atomic mass is 9.90. The number of benzene rings is 1. The first-order valence-electron chi connectivity index (χ1n) is 7.74. The molecule has 1 amide bonds. The van der Waals surface area contributed by atoms with Crippen LogP contribution >= 0.6 is 15.9 Å². The summed E-state index contributed by atoms with van der Waals surface area (Å²) in [7, 11) is 0. The molecule has 1 unspecified atom stereocenters. The molecule has 0 radical (unpaired) electrons. The van der Waals surface area contributed by atoms with Crippen LogP contribution in [0.2, 0.25) is 0 Å². The summed E-state index contributed by atoms with van der Waals surface area (Å²) >= 11 is 3.65. The second-order valence-electron chi connectivity index (χ2n) is 5.67. The van der Waals surface area contributed by atoms with Gasteiger partial charge in [-0.2, -0.15) is 0 Å².